The van der Waals surface area contributed by atoms with Gasteiger partial charge in [0.2, 0.25) is 0 Å². The van der Waals surface area contributed by atoms with Crippen LogP contribution in [-0.4, -0.2) is 15.1 Å². The largest absolute Gasteiger partial charge is 0.397 e. The number of halogens is 1. The van der Waals surface area contributed by atoms with Gasteiger partial charge >= 0.3 is 0 Å². The molecule has 2 aromatic heterocycles. The van der Waals surface area contributed by atoms with Crippen LogP contribution in [0, 0.1) is 0 Å². The van der Waals surface area contributed by atoms with Gasteiger partial charge < -0.3 is 10.3 Å². The molecule has 2 heterocycles. The standard InChI is InChI=1S/C14H11ClN4OS/c15-10-3-1-2-4-12(10)21-8-13-18-14(20-19-13)9-5-6-17-7-11(9)16/h1-7H,8,16H2. The van der Waals surface area contributed by atoms with Gasteiger partial charge in [-0.2, -0.15) is 4.98 Å². The highest BCUT2D eigenvalue weighted by atomic mass is 35.5. The van der Waals surface area contributed by atoms with Crippen molar-refractivity contribution in [3.63, 3.8) is 0 Å². The molecule has 3 rings (SSSR count). The minimum absolute atomic E-state index is 0.393. The molecule has 7 heteroatoms. The zero-order valence-corrected chi connectivity index (χ0v) is 12.4. The Morgan fingerprint density at radius 2 is 2.10 bits per heavy atom. The molecule has 0 aliphatic heterocycles. The summed E-state index contributed by atoms with van der Waals surface area (Å²) in [4.78, 5) is 9.25. The number of nitrogens with two attached hydrogens (primary N) is 1. The molecule has 5 nitrogen and oxygen atoms in total. The summed E-state index contributed by atoms with van der Waals surface area (Å²) >= 11 is 7.66. The monoisotopic (exact) mass is 318 g/mol. The first-order chi connectivity index (χ1) is 10.2. The zero-order valence-electron chi connectivity index (χ0n) is 10.9. The highest BCUT2D eigenvalue weighted by molar-refractivity contribution is 7.98. The Hall–Kier alpha value is -2.05. The van der Waals surface area contributed by atoms with E-state index >= 15 is 0 Å². The number of nitrogen functional groups attached to an aromatic ring is 1. The minimum atomic E-state index is 0.393. The minimum Gasteiger partial charge on any atom is -0.397 e. The molecule has 21 heavy (non-hydrogen) atoms. The molecule has 0 saturated carbocycles. The van der Waals surface area contributed by atoms with Gasteiger partial charge in [0.1, 0.15) is 0 Å². The van der Waals surface area contributed by atoms with Gasteiger partial charge in [-0.15, -0.1) is 11.8 Å². The fourth-order valence-corrected chi connectivity index (χ4v) is 2.81. The van der Waals surface area contributed by atoms with Crippen molar-refractivity contribution in [2.75, 3.05) is 5.73 Å². The van der Waals surface area contributed by atoms with Gasteiger partial charge in [-0.1, -0.05) is 28.9 Å². The van der Waals surface area contributed by atoms with E-state index in [2.05, 4.69) is 15.1 Å². The van der Waals surface area contributed by atoms with Gasteiger partial charge in [-0.25, -0.2) is 0 Å². The van der Waals surface area contributed by atoms with Crippen LogP contribution in [0.15, 0.2) is 52.1 Å². The van der Waals surface area contributed by atoms with Crippen LogP contribution in [0.2, 0.25) is 5.02 Å². The zero-order chi connectivity index (χ0) is 14.7. The summed E-state index contributed by atoms with van der Waals surface area (Å²) in [5.74, 6) is 1.55. The molecule has 106 valence electrons. The molecule has 0 atom stereocenters. The second-order valence-electron chi connectivity index (χ2n) is 4.20. The van der Waals surface area contributed by atoms with E-state index < -0.39 is 0 Å². The first kappa shape index (κ1) is 13.9. The lowest BCUT2D eigenvalue weighted by Gasteiger charge is -2.00. The maximum Gasteiger partial charge on any atom is 0.260 e. The Balaban J connectivity index is 1.74. The van der Waals surface area contributed by atoms with Crippen LogP contribution in [0.4, 0.5) is 5.69 Å². The number of aromatic nitrogens is 3. The van der Waals surface area contributed by atoms with Gasteiger partial charge in [0.05, 0.1) is 28.2 Å². The smallest absolute Gasteiger partial charge is 0.260 e. The highest BCUT2D eigenvalue weighted by Crippen LogP contribution is 2.29. The molecule has 0 radical (unpaired) electrons. The Morgan fingerprint density at radius 1 is 1.24 bits per heavy atom. The van der Waals surface area contributed by atoms with Gasteiger partial charge in [0.25, 0.3) is 5.89 Å². The van der Waals surface area contributed by atoms with Crippen molar-refractivity contribution in [2.45, 2.75) is 10.6 Å². The van der Waals surface area contributed by atoms with E-state index in [0.717, 1.165) is 4.90 Å². The lowest BCUT2D eigenvalue weighted by Crippen LogP contribution is -1.91. The van der Waals surface area contributed by atoms with E-state index in [0.29, 0.717) is 33.7 Å². The summed E-state index contributed by atoms with van der Waals surface area (Å²) in [6, 6.07) is 9.38. The number of hydrogen-bond acceptors (Lipinski definition) is 6. The van der Waals surface area contributed by atoms with Crippen molar-refractivity contribution in [2.24, 2.45) is 0 Å². The Morgan fingerprint density at radius 3 is 2.90 bits per heavy atom. The number of nitrogens with zero attached hydrogens (tertiary/aromatic N) is 3. The molecule has 0 amide bonds. The quantitative estimate of drug-likeness (QED) is 0.740. The molecule has 0 fully saturated rings. The fraction of sp³-hybridized carbons (Fsp3) is 0.0714. The summed E-state index contributed by atoms with van der Waals surface area (Å²) in [5.41, 5.74) is 7.03. The van der Waals surface area contributed by atoms with E-state index in [1.807, 2.05) is 24.3 Å². The number of hydrogen-bond donors (Lipinski definition) is 1. The van der Waals surface area contributed by atoms with Crippen LogP contribution in [0.3, 0.4) is 0 Å². The van der Waals surface area contributed by atoms with Crippen molar-refractivity contribution in [1.82, 2.24) is 15.1 Å². The number of benzene rings is 1. The Labute approximate surface area is 130 Å². The van der Waals surface area contributed by atoms with Crippen LogP contribution < -0.4 is 5.73 Å². The molecular weight excluding hydrogens is 308 g/mol. The molecule has 3 aromatic rings. The number of pyridine rings is 1. The van der Waals surface area contributed by atoms with Crippen LogP contribution >= 0.6 is 23.4 Å². The van der Waals surface area contributed by atoms with Gasteiger partial charge in [-0.3, -0.25) is 4.98 Å². The average Bonchev–Trinajstić information content (AvgIpc) is 2.96. The molecule has 0 bridgehead atoms. The van der Waals surface area contributed by atoms with Crippen LogP contribution in [-0.2, 0) is 5.75 Å². The normalized spacial score (nSPS) is 10.7. The van der Waals surface area contributed by atoms with Crippen molar-refractivity contribution in [1.29, 1.82) is 0 Å². The molecule has 0 aliphatic carbocycles. The first-order valence-electron chi connectivity index (χ1n) is 6.14. The van der Waals surface area contributed by atoms with Crippen molar-refractivity contribution in [3.8, 4) is 11.5 Å². The lowest BCUT2D eigenvalue weighted by molar-refractivity contribution is 0.425. The summed E-state index contributed by atoms with van der Waals surface area (Å²) < 4.78 is 5.23. The molecular formula is C14H11ClN4OS. The van der Waals surface area contributed by atoms with E-state index in [1.54, 1.807) is 30.2 Å². The third-order valence-electron chi connectivity index (χ3n) is 2.74. The fourth-order valence-electron chi connectivity index (χ4n) is 1.73. The number of thioether (sulfide) groups is 1. The lowest BCUT2D eigenvalue weighted by atomic mass is 10.2. The maximum atomic E-state index is 6.10. The van der Waals surface area contributed by atoms with Crippen molar-refractivity contribution >= 4 is 29.1 Å². The molecule has 0 spiro atoms. The number of anilines is 1. The third-order valence-corrected chi connectivity index (χ3v) is 4.25. The Bertz CT molecular complexity index is 762. The summed E-state index contributed by atoms with van der Waals surface area (Å²) in [6.07, 6.45) is 3.19. The Kier molecular flexibility index (Phi) is 4.08. The summed E-state index contributed by atoms with van der Waals surface area (Å²) in [7, 11) is 0. The topological polar surface area (TPSA) is 77.8 Å². The predicted molar refractivity (Wildman–Crippen MR) is 83.0 cm³/mol. The first-order valence-corrected chi connectivity index (χ1v) is 7.50. The van der Waals surface area contributed by atoms with Crippen molar-refractivity contribution in [3.05, 3.63) is 53.6 Å². The van der Waals surface area contributed by atoms with Gasteiger partial charge in [0, 0.05) is 11.1 Å². The van der Waals surface area contributed by atoms with E-state index in [-0.39, 0.29) is 0 Å². The highest BCUT2D eigenvalue weighted by Gasteiger charge is 2.12. The summed E-state index contributed by atoms with van der Waals surface area (Å²) in [5, 5.41) is 4.67. The second-order valence-corrected chi connectivity index (χ2v) is 5.62. The second kappa shape index (κ2) is 6.15. The SMILES string of the molecule is Nc1cnccc1-c1nc(CSc2ccccc2Cl)no1. The van der Waals surface area contributed by atoms with Gasteiger partial charge in [0.15, 0.2) is 5.82 Å². The maximum absolute atomic E-state index is 6.10. The van der Waals surface area contributed by atoms with Crippen molar-refractivity contribution < 1.29 is 4.52 Å². The number of rotatable bonds is 4. The molecule has 2 N–H and O–H groups in total. The van der Waals surface area contributed by atoms with Crippen LogP contribution in [0.1, 0.15) is 5.82 Å². The predicted octanol–water partition coefficient (Wildman–Crippen LogP) is 3.66. The van der Waals surface area contributed by atoms with E-state index in [4.69, 9.17) is 21.9 Å². The van der Waals surface area contributed by atoms with Crippen LogP contribution in [0.5, 0.6) is 0 Å². The molecule has 0 aliphatic rings. The molecule has 1 aromatic carbocycles. The third kappa shape index (κ3) is 3.17. The van der Waals surface area contributed by atoms with Gasteiger partial charge in [-0.05, 0) is 18.2 Å². The molecule has 0 saturated heterocycles. The average molecular weight is 319 g/mol. The van der Waals surface area contributed by atoms with Crippen LogP contribution in [0.25, 0.3) is 11.5 Å². The van der Waals surface area contributed by atoms with E-state index in [9.17, 15) is 0 Å². The summed E-state index contributed by atoms with van der Waals surface area (Å²) in [6.45, 7) is 0. The molecule has 0 unspecified atom stereocenters. The van der Waals surface area contributed by atoms with E-state index in [1.165, 1.54) is 0 Å².